The van der Waals surface area contributed by atoms with E-state index in [4.69, 9.17) is 11.6 Å². The molecule has 0 atom stereocenters. The Morgan fingerprint density at radius 3 is 2.56 bits per heavy atom. The van der Waals surface area contributed by atoms with E-state index in [1.165, 1.54) is 6.26 Å². The van der Waals surface area contributed by atoms with Crippen LogP contribution >= 0.6 is 11.6 Å². The van der Waals surface area contributed by atoms with E-state index in [0.29, 0.717) is 18.1 Å². The number of benzene rings is 1. The van der Waals surface area contributed by atoms with Crippen molar-refractivity contribution in [2.75, 3.05) is 37.5 Å². The molecule has 0 saturated heterocycles. The lowest BCUT2D eigenvalue weighted by atomic mass is 10.2. The second-order valence-corrected chi connectivity index (χ2v) is 7.02. The molecule has 1 N–H and O–H groups in total. The van der Waals surface area contributed by atoms with Crippen molar-refractivity contribution in [3.8, 4) is 0 Å². The van der Waals surface area contributed by atoms with Gasteiger partial charge in [-0.2, -0.15) is 0 Å². The quantitative estimate of drug-likeness (QED) is 0.863. The van der Waals surface area contributed by atoms with E-state index in [0.717, 1.165) is 11.3 Å². The fraction of sp³-hybridized carbons (Fsp3) is 0.500. The SMILES string of the molecule is CNCc1ccc(N(C)CCS(C)(=O)=O)cc1Cl. The van der Waals surface area contributed by atoms with Crippen LogP contribution in [0.2, 0.25) is 5.02 Å². The summed E-state index contributed by atoms with van der Waals surface area (Å²) >= 11 is 6.16. The summed E-state index contributed by atoms with van der Waals surface area (Å²) in [6.45, 7) is 1.17. The van der Waals surface area contributed by atoms with E-state index in [-0.39, 0.29) is 5.75 Å². The maximum absolute atomic E-state index is 11.1. The van der Waals surface area contributed by atoms with E-state index in [1.807, 2.05) is 37.2 Å². The largest absolute Gasteiger partial charge is 0.374 e. The number of halogens is 1. The summed E-state index contributed by atoms with van der Waals surface area (Å²) < 4.78 is 22.2. The Bertz CT molecular complexity index is 503. The highest BCUT2D eigenvalue weighted by Gasteiger charge is 2.08. The van der Waals surface area contributed by atoms with Crippen LogP contribution in [0.3, 0.4) is 0 Å². The Labute approximate surface area is 114 Å². The summed E-state index contributed by atoms with van der Waals surface area (Å²) in [6, 6.07) is 5.75. The molecule has 0 amide bonds. The fourth-order valence-electron chi connectivity index (χ4n) is 1.54. The minimum absolute atomic E-state index is 0.138. The first kappa shape index (κ1) is 15.3. The molecule has 1 aromatic carbocycles. The van der Waals surface area contributed by atoms with Crippen LogP contribution in [0.15, 0.2) is 18.2 Å². The fourth-order valence-corrected chi connectivity index (χ4v) is 2.39. The van der Waals surface area contributed by atoms with Gasteiger partial charge in [0.05, 0.1) is 5.75 Å². The zero-order valence-electron chi connectivity index (χ0n) is 10.9. The third-order valence-corrected chi connectivity index (χ3v) is 3.92. The molecular weight excluding hydrogens is 272 g/mol. The van der Waals surface area contributed by atoms with Crippen molar-refractivity contribution in [3.05, 3.63) is 28.8 Å². The average molecular weight is 291 g/mol. The van der Waals surface area contributed by atoms with Gasteiger partial charge in [0.15, 0.2) is 0 Å². The van der Waals surface area contributed by atoms with Crippen LogP contribution in [0, 0.1) is 0 Å². The molecule has 0 aliphatic heterocycles. The van der Waals surface area contributed by atoms with Gasteiger partial charge in [0.1, 0.15) is 9.84 Å². The maximum atomic E-state index is 11.1. The van der Waals surface area contributed by atoms with Crippen molar-refractivity contribution in [2.24, 2.45) is 0 Å². The number of hydrogen-bond donors (Lipinski definition) is 1. The van der Waals surface area contributed by atoms with Crippen LogP contribution in [0.5, 0.6) is 0 Å². The third kappa shape index (κ3) is 4.84. The van der Waals surface area contributed by atoms with Gasteiger partial charge in [-0.25, -0.2) is 8.42 Å². The van der Waals surface area contributed by atoms with Crippen molar-refractivity contribution < 1.29 is 8.42 Å². The summed E-state index contributed by atoms with van der Waals surface area (Å²) in [5.74, 6) is 0.138. The minimum atomic E-state index is -2.94. The molecule has 0 heterocycles. The summed E-state index contributed by atoms with van der Waals surface area (Å²) in [5, 5.41) is 3.73. The Hall–Kier alpha value is -0.780. The predicted octanol–water partition coefficient (Wildman–Crippen LogP) is 1.54. The molecule has 4 nitrogen and oxygen atoms in total. The van der Waals surface area contributed by atoms with Crippen molar-refractivity contribution in [1.82, 2.24) is 5.32 Å². The van der Waals surface area contributed by atoms with E-state index in [2.05, 4.69) is 5.32 Å². The molecule has 0 saturated carbocycles. The molecule has 18 heavy (non-hydrogen) atoms. The highest BCUT2D eigenvalue weighted by Crippen LogP contribution is 2.23. The zero-order valence-corrected chi connectivity index (χ0v) is 12.5. The van der Waals surface area contributed by atoms with Gasteiger partial charge in [-0.15, -0.1) is 0 Å². The maximum Gasteiger partial charge on any atom is 0.149 e. The van der Waals surface area contributed by atoms with Crippen molar-refractivity contribution in [1.29, 1.82) is 0 Å². The van der Waals surface area contributed by atoms with E-state index >= 15 is 0 Å². The van der Waals surface area contributed by atoms with Crippen LogP contribution in [0.25, 0.3) is 0 Å². The predicted molar refractivity (Wildman–Crippen MR) is 77.2 cm³/mol. The van der Waals surface area contributed by atoms with Crippen molar-refractivity contribution in [3.63, 3.8) is 0 Å². The third-order valence-electron chi connectivity index (χ3n) is 2.64. The average Bonchev–Trinajstić information content (AvgIpc) is 2.28. The number of anilines is 1. The molecule has 1 rings (SSSR count). The second kappa shape index (κ2) is 6.41. The standard InChI is InChI=1S/C12H19ClN2O2S/c1-14-9-10-4-5-11(8-12(10)13)15(2)6-7-18(3,16)17/h4-5,8,14H,6-7,9H2,1-3H3. The van der Waals surface area contributed by atoms with Crippen LogP contribution in [0.1, 0.15) is 5.56 Å². The van der Waals surface area contributed by atoms with Crippen LogP contribution < -0.4 is 10.2 Å². The molecule has 0 fully saturated rings. The number of sulfone groups is 1. The molecular formula is C12H19ClN2O2S. The molecule has 0 aliphatic rings. The molecule has 0 aromatic heterocycles. The number of hydrogen-bond acceptors (Lipinski definition) is 4. The lowest BCUT2D eigenvalue weighted by Gasteiger charge is -2.19. The van der Waals surface area contributed by atoms with Crippen molar-refractivity contribution in [2.45, 2.75) is 6.54 Å². The monoisotopic (exact) mass is 290 g/mol. The molecule has 102 valence electrons. The molecule has 0 radical (unpaired) electrons. The van der Waals surface area contributed by atoms with E-state index in [1.54, 1.807) is 0 Å². The van der Waals surface area contributed by atoms with Crippen LogP contribution in [0.4, 0.5) is 5.69 Å². The van der Waals surface area contributed by atoms with Gasteiger partial charge in [-0.1, -0.05) is 17.7 Å². The van der Waals surface area contributed by atoms with Gasteiger partial charge >= 0.3 is 0 Å². The highest BCUT2D eigenvalue weighted by atomic mass is 35.5. The molecule has 6 heteroatoms. The number of nitrogens with zero attached hydrogens (tertiary/aromatic N) is 1. The first-order valence-electron chi connectivity index (χ1n) is 5.65. The number of rotatable bonds is 6. The molecule has 0 unspecified atom stereocenters. The Balaban J connectivity index is 2.75. The van der Waals surface area contributed by atoms with Gasteiger partial charge in [-0.3, -0.25) is 0 Å². The summed E-state index contributed by atoms with van der Waals surface area (Å²) in [4.78, 5) is 1.89. The summed E-state index contributed by atoms with van der Waals surface area (Å²) in [5.41, 5.74) is 1.95. The lowest BCUT2D eigenvalue weighted by Crippen LogP contribution is -2.24. The van der Waals surface area contributed by atoms with Gasteiger partial charge in [0.25, 0.3) is 0 Å². The molecule has 0 spiro atoms. The van der Waals surface area contributed by atoms with E-state index in [9.17, 15) is 8.42 Å². The smallest absolute Gasteiger partial charge is 0.149 e. The lowest BCUT2D eigenvalue weighted by molar-refractivity contribution is 0.601. The van der Waals surface area contributed by atoms with Gasteiger partial charge in [0.2, 0.25) is 0 Å². The van der Waals surface area contributed by atoms with Gasteiger partial charge in [0, 0.05) is 37.1 Å². The first-order chi connectivity index (χ1) is 8.33. The minimum Gasteiger partial charge on any atom is -0.374 e. The highest BCUT2D eigenvalue weighted by molar-refractivity contribution is 7.90. The Morgan fingerprint density at radius 2 is 2.06 bits per heavy atom. The Kier molecular flexibility index (Phi) is 5.44. The summed E-state index contributed by atoms with van der Waals surface area (Å²) in [6.07, 6.45) is 1.24. The Morgan fingerprint density at radius 1 is 1.39 bits per heavy atom. The summed E-state index contributed by atoms with van der Waals surface area (Å²) in [7, 11) is 0.781. The van der Waals surface area contributed by atoms with Crippen LogP contribution in [-0.2, 0) is 16.4 Å². The van der Waals surface area contributed by atoms with Crippen LogP contribution in [-0.4, -0.2) is 41.1 Å². The molecule has 0 aliphatic carbocycles. The molecule has 0 bridgehead atoms. The second-order valence-electron chi connectivity index (χ2n) is 4.36. The van der Waals surface area contributed by atoms with Gasteiger partial charge < -0.3 is 10.2 Å². The van der Waals surface area contributed by atoms with Gasteiger partial charge in [-0.05, 0) is 24.7 Å². The normalized spacial score (nSPS) is 11.6. The van der Waals surface area contributed by atoms with Crippen molar-refractivity contribution >= 4 is 27.1 Å². The van der Waals surface area contributed by atoms with E-state index < -0.39 is 9.84 Å². The molecule has 1 aromatic rings. The topological polar surface area (TPSA) is 49.4 Å². The zero-order chi connectivity index (χ0) is 13.8. The number of nitrogens with one attached hydrogen (secondary N) is 1. The first-order valence-corrected chi connectivity index (χ1v) is 8.09.